The fourth-order valence-corrected chi connectivity index (χ4v) is 2.87. The first kappa shape index (κ1) is 14.8. The summed E-state index contributed by atoms with van der Waals surface area (Å²) in [5.41, 5.74) is 1.21. The molecular formula is C17H21N3O2. The number of amides is 2. The maximum absolute atomic E-state index is 12.6. The summed E-state index contributed by atoms with van der Waals surface area (Å²) in [5, 5.41) is 5.70. The number of piperidine rings is 1. The van der Waals surface area contributed by atoms with E-state index in [0.29, 0.717) is 30.2 Å². The van der Waals surface area contributed by atoms with E-state index in [-0.39, 0.29) is 11.8 Å². The van der Waals surface area contributed by atoms with Gasteiger partial charge in [-0.3, -0.25) is 9.59 Å². The van der Waals surface area contributed by atoms with E-state index in [2.05, 4.69) is 12.0 Å². The lowest BCUT2D eigenvalue weighted by atomic mass is 9.98. The average Bonchev–Trinajstić information content (AvgIpc) is 2.56. The Labute approximate surface area is 130 Å². The molecule has 5 nitrogen and oxygen atoms in total. The summed E-state index contributed by atoms with van der Waals surface area (Å²) in [6.45, 7) is 3.80. The molecule has 1 fully saturated rings. The summed E-state index contributed by atoms with van der Waals surface area (Å²) in [6.07, 6.45) is 2.86. The minimum atomic E-state index is -0.0602. The van der Waals surface area contributed by atoms with Crippen molar-refractivity contribution in [3.8, 4) is 0 Å². The Morgan fingerprint density at radius 1 is 1.14 bits per heavy atom. The number of hydrogen-bond acceptors (Lipinski definition) is 3. The molecular weight excluding hydrogens is 278 g/mol. The third kappa shape index (κ3) is 3.03. The topological polar surface area (TPSA) is 53.0 Å². The lowest BCUT2D eigenvalue weighted by Gasteiger charge is -2.32. The van der Waals surface area contributed by atoms with Crippen LogP contribution in [0.1, 0.15) is 32.6 Å². The lowest BCUT2D eigenvalue weighted by molar-refractivity contribution is -0.125. The Bertz CT molecular complexity index is 589. The van der Waals surface area contributed by atoms with Crippen molar-refractivity contribution in [2.45, 2.75) is 32.6 Å². The van der Waals surface area contributed by atoms with Crippen LogP contribution in [0.5, 0.6) is 0 Å². The molecule has 116 valence electrons. The van der Waals surface area contributed by atoms with Crippen molar-refractivity contribution in [3.63, 3.8) is 0 Å². The molecule has 1 aromatic rings. The lowest BCUT2D eigenvalue weighted by Crippen LogP contribution is -2.44. The fourth-order valence-electron chi connectivity index (χ4n) is 2.87. The number of nitrogens with zero attached hydrogens (tertiary/aromatic N) is 3. The molecule has 0 aromatic heterocycles. The molecule has 0 radical (unpaired) electrons. The molecule has 0 N–H and O–H groups in total. The van der Waals surface area contributed by atoms with Gasteiger partial charge in [0.25, 0.3) is 5.91 Å². The zero-order valence-electron chi connectivity index (χ0n) is 12.9. The quantitative estimate of drug-likeness (QED) is 0.842. The second-order valence-electron chi connectivity index (χ2n) is 6.06. The number of para-hydroxylation sites is 1. The summed E-state index contributed by atoms with van der Waals surface area (Å²) in [5.74, 6) is 0.607. The van der Waals surface area contributed by atoms with Crippen molar-refractivity contribution >= 4 is 23.2 Å². The van der Waals surface area contributed by atoms with E-state index in [0.717, 1.165) is 25.9 Å². The molecule has 0 spiro atoms. The minimum Gasteiger partial charge on any atom is -0.338 e. The van der Waals surface area contributed by atoms with Crippen LogP contribution in [-0.2, 0) is 9.59 Å². The molecule has 0 atom stereocenters. The van der Waals surface area contributed by atoms with Crippen LogP contribution in [0.25, 0.3) is 0 Å². The van der Waals surface area contributed by atoms with Gasteiger partial charge in [0.05, 0.1) is 5.69 Å². The Hall–Kier alpha value is -2.17. The summed E-state index contributed by atoms with van der Waals surface area (Å²) >= 11 is 0. The molecule has 3 rings (SSSR count). The molecule has 0 saturated carbocycles. The van der Waals surface area contributed by atoms with Gasteiger partial charge < -0.3 is 4.90 Å². The van der Waals surface area contributed by atoms with Gasteiger partial charge >= 0.3 is 0 Å². The first-order valence-electron chi connectivity index (χ1n) is 7.90. The number of anilines is 1. The number of likely N-dealkylation sites (tertiary alicyclic amines) is 1. The van der Waals surface area contributed by atoms with Crippen molar-refractivity contribution in [3.05, 3.63) is 30.3 Å². The van der Waals surface area contributed by atoms with Crippen molar-refractivity contribution in [1.29, 1.82) is 0 Å². The standard InChI is InChI=1S/C17H21N3O2/c1-13-9-11-19(12-10-13)17(22)15-7-8-16(21)20(18-15)14-5-3-2-4-6-14/h2-6,13H,7-12H2,1H3. The van der Waals surface area contributed by atoms with Crippen molar-refractivity contribution < 1.29 is 9.59 Å². The molecule has 1 saturated heterocycles. The number of carbonyl (C=O) groups excluding carboxylic acids is 2. The van der Waals surface area contributed by atoms with Gasteiger partial charge in [-0.25, -0.2) is 5.01 Å². The van der Waals surface area contributed by atoms with Crippen LogP contribution >= 0.6 is 0 Å². The van der Waals surface area contributed by atoms with Gasteiger partial charge in [0, 0.05) is 25.9 Å². The van der Waals surface area contributed by atoms with Crippen LogP contribution in [0.4, 0.5) is 5.69 Å². The number of benzene rings is 1. The monoisotopic (exact) mass is 299 g/mol. The summed E-state index contributed by atoms with van der Waals surface area (Å²) in [4.78, 5) is 26.5. The van der Waals surface area contributed by atoms with E-state index in [1.807, 2.05) is 35.2 Å². The van der Waals surface area contributed by atoms with Crippen LogP contribution in [0.15, 0.2) is 35.4 Å². The van der Waals surface area contributed by atoms with Gasteiger partial charge in [0.15, 0.2) is 0 Å². The Morgan fingerprint density at radius 3 is 2.50 bits per heavy atom. The van der Waals surface area contributed by atoms with Gasteiger partial charge in [0.2, 0.25) is 5.91 Å². The second-order valence-corrected chi connectivity index (χ2v) is 6.06. The first-order chi connectivity index (χ1) is 10.6. The van der Waals surface area contributed by atoms with Gasteiger partial charge in [-0.05, 0) is 30.9 Å². The highest BCUT2D eigenvalue weighted by atomic mass is 16.2. The van der Waals surface area contributed by atoms with Gasteiger partial charge in [0.1, 0.15) is 5.71 Å². The number of rotatable bonds is 2. The van der Waals surface area contributed by atoms with Gasteiger partial charge in [-0.2, -0.15) is 5.10 Å². The highest BCUT2D eigenvalue weighted by Gasteiger charge is 2.29. The maximum Gasteiger partial charge on any atom is 0.270 e. The number of carbonyl (C=O) groups is 2. The molecule has 0 unspecified atom stereocenters. The molecule has 2 amide bonds. The predicted molar refractivity (Wildman–Crippen MR) is 85.6 cm³/mol. The Balaban J connectivity index is 1.78. The smallest absolute Gasteiger partial charge is 0.270 e. The van der Waals surface area contributed by atoms with Crippen LogP contribution in [0.3, 0.4) is 0 Å². The summed E-state index contributed by atoms with van der Waals surface area (Å²) in [7, 11) is 0. The molecule has 22 heavy (non-hydrogen) atoms. The Kier molecular flexibility index (Phi) is 4.22. The molecule has 5 heteroatoms. The van der Waals surface area contributed by atoms with E-state index in [4.69, 9.17) is 0 Å². The van der Waals surface area contributed by atoms with Crippen LogP contribution in [0, 0.1) is 5.92 Å². The number of hydrogen-bond donors (Lipinski definition) is 0. The zero-order valence-corrected chi connectivity index (χ0v) is 12.9. The normalized spacial score (nSPS) is 20.0. The maximum atomic E-state index is 12.6. The fraction of sp³-hybridized carbons (Fsp3) is 0.471. The van der Waals surface area contributed by atoms with Crippen molar-refractivity contribution in [1.82, 2.24) is 4.90 Å². The second kappa shape index (κ2) is 6.30. The zero-order chi connectivity index (χ0) is 15.5. The summed E-state index contributed by atoms with van der Waals surface area (Å²) < 4.78 is 0. The SMILES string of the molecule is CC1CCN(C(=O)C2=NN(c3ccccc3)C(=O)CC2)CC1. The van der Waals surface area contributed by atoms with Crippen LogP contribution < -0.4 is 5.01 Å². The molecule has 1 aromatic carbocycles. The van der Waals surface area contributed by atoms with E-state index < -0.39 is 0 Å². The van der Waals surface area contributed by atoms with E-state index in [1.54, 1.807) is 0 Å². The highest BCUT2D eigenvalue weighted by Crippen LogP contribution is 2.22. The average molecular weight is 299 g/mol. The van der Waals surface area contributed by atoms with E-state index in [1.165, 1.54) is 5.01 Å². The molecule has 0 bridgehead atoms. The molecule has 2 aliphatic heterocycles. The Morgan fingerprint density at radius 2 is 1.82 bits per heavy atom. The first-order valence-corrected chi connectivity index (χ1v) is 7.90. The predicted octanol–water partition coefficient (Wildman–Crippen LogP) is 2.43. The van der Waals surface area contributed by atoms with Crippen molar-refractivity contribution in [2.24, 2.45) is 11.0 Å². The molecule has 2 heterocycles. The van der Waals surface area contributed by atoms with Gasteiger partial charge in [-0.15, -0.1) is 0 Å². The highest BCUT2D eigenvalue weighted by molar-refractivity contribution is 6.40. The largest absolute Gasteiger partial charge is 0.338 e. The van der Waals surface area contributed by atoms with E-state index in [9.17, 15) is 9.59 Å². The minimum absolute atomic E-state index is 0.0136. The van der Waals surface area contributed by atoms with Gasteiger partial charge in [-0.1, -0.05) is 25.1 Å². The van der Waals surface area contributed by atoms with Crippen molar-refractivity contribution in [2.75, 3.05) is 18.1 Å². The number of hydrazone groups is 1. The van der Waals surface area contributed by atoms with Crippen LogP contribution in [-0.4, -0.2) is 35.5 Å². The molecule has 0 aliphatic carbocycles. The van der Waals surface area contributed by atoms with Crippen LogP contribution in [0.2, 0.25) is 0 Å². The third-order valence-corrected chi connectivity index (χ3v) is 4.35. The third-order valence-electron chi connectivity index (χ3n) is 4.35. The molecule has 2 aliphatic rings. The summed E-state index contributed by atoms with van der Waals surface area (Å²) in [6, 6.07) is 9.28. The van der Waals surface area contributed by atoms with E-state index >= 15 is 0 Å².